The van der Waals surface area contributed by atoms with Gasteiger partial charge in [-0.05, 0) is 37.6 Å². The molecular weight excluding hydrogens is 294 g/mol. The maximum Gasteiger partial charge on any atom is 0.248 e. The standard InChI is InChI=1S/C15H14ClNO2S/c1-15(9-4-6-13(16)11-15)20(18,19)17-10-8-12-5-2-3-7-14(12)17/h2-8,10-11H,9H2,1H3. The van der Waals surface area contributed by atoms with Gasteiger partial charge >= 0.3 is 0 Å². The van der Waals surface area contributed by atoms with Crippen molar-refractivity contribution in [2.24, 2.45) is 0 Å². The SMILES string of the molecule is CC1(S(=O)(=O)n2ccc3ccccc32)C=C(Cl)C=CC1. The molecule has 0 spiro atoms. The van der Waals surface area contributed by atoms with Gasteiger partial charge in [0, 0.05) is 16.6 Å². The predicted molar refractivity (Wildman–Crippen MR) is 82.4 cm³/mol. The van der Waals surface area contributed by atoms with E-state index in [1.54, 1.807) is 43.5 Å². The lowest BCUT2D eigenvalue weighted by Crippen LogP contribution is -2.38. The lowest BCUT2D eigenvalue weighted by molar-refractivity contribution is 0.554. The summed E-state index contributed by atoms with van der Waals surface area (Å²) in [5.41, 5.74) is 0.688. The monoisotopic (exact) mass is 307 g/mol. The molecule has 1 unspecified atom stereocenters. The number of fused-ring (bicyclic) bond motifs is 1. The van der Waals surface area contributed by atoms with Gasteiger partial charge in [0.15, 0.2) is 0 Å². The zero-order valence-electron chi connectivity index (χ0n) is 11.0. The Kier molecular flexibility index (Phi) is 3.03. The number of allylic oxidation sites excluding steroid dienone is 3. The van der Waals surface area contributed by atoms with Gasteiger partial charge in [-0.25, -0.2) is 12.4 Å². The van der Waals surface area contributed by atoms with Crippen LogP contribution in [0.3, 0.4) is 0 Å². The highest BCUT2D eigenvalue weighted by atomic mass is 35.5. The number of halogens is 1. The Hall–Kier alpha value is -1.52. The van der Waals surface area contributed by atoms with Gasteiger partial charge in [0.2, 0.25) is 10.0 Å². The topological polar surface area (TPSA) is 39.1 Å². The van der Waals surface area contributed by atoms with Gasteiger partial charge in [0.05, 0.1) is 5.52 Å². The molecule has 5 heteroatoms. The van der Waals surface area contributed by atoms with E-state index in [9.17, 15) is 8.42 Å². The number of aromatic nitrogens is 1. The van der Waals surface area contributed by atoms with Crippen LogP contribution >= 0.6 is 11.6 Å². The van der Waals surface area contributed by atoms with Crippen molar-refractivity contribution < 1.29 is 8.42 Å². The Morgan fingerprint density at radius 3 is 2.75 bits per heavy atom. The highest BCUT2D eigenvalue weighted by Gasteiger charge is 2.39. The minimum Gasteiger partial charge on any atom is -0.244 e. The first-order chi connectivity index (χ1) is 9.44. The first kappa shape index (κ1) is 13.5. The number of hydrogen-bond donors (Lipinski definition) is 0. The van der Waals surface area contributed by atoms with Gasteiger partial charge in [-0.1, -0.05) is 35.9 Å². The first-order valence-corrected chi connectivity index (χ1v) is 8.12. The van der Waals surface area contributed by atoms with E-state index in [2.05, 4.69) is 0 Å². The van der Waals surface area contributed by atoms with E-state index in [-0.39, 0.29) is 0 Å². The molecule has 104 valence electrons. The van der Waals surface area contributed by atoms with Crippen LogP contribution < -0.4 is 0 Å². The average Bonchev–Trinajstić information content (AvgIpc) is 2.82. The normalized spacial score (nSPS) is 23.0. The Morgan fingerprint density at radius 2 is 2.00 bits per heavy atom. The van der Waals surface area contributed by atoms with E-state index in [1.807, 2.05) is 18.2 Å². The van der Waals surface area contributed by atoms with E-state index in [1.165, 1.54) is 3.97 Å². The Bertz CT molecular complexity index is 832. The third-order valence-corrected chi connectivity index (χ3v) is 6.19. The summed E-state index contributed by atoms with van der Waals surface area (Å²) in [7, 11) is -3.57. The second-order valence-corrected chi connectivity index (χ2v) is 7.84. The van der Waals surface area contributed by atoms with Gasteiger partial charge in [0.25, 0.3) is 0 Å². The van der Waals surface area contributed by atoms with E-state index >= 15 is 0 Å². The molecule has 1 atom stereocenters. The predicted octanol–water partition coefficient (Wildman–Crippen LogP) is 3.66. The van der Waals surface area contributed by atoms with Crippen molar-refractivity contribution in [1.29, 1.82) is 0 Å². The first-order valence-electron chi connectivity index (χ1n) is 6.30. The van der Waals surface area contributed by atoms with Crippen LogP contribution in [0.4, 0.5) is 0 Å². The summed E-state index contributed by atoms with van der Waals surface area (Å²) < 4.78 is 26.2. The van der Waals surface area contributed by atoms with Crippen LogP contribution in [-0.2, 0) is 10.0 Å². The minimum atomic E-state index is -3.57. The molecule has 0 saturated heterocycles. The molecule has 0 fully saturated rings. The molecule has 1 aliphatic carbocycles. The molecule has 0 aliphatic heterocycles. The van der Waals surface area contributed by atoms with E-state index in [0.29, 0.717) is 17.0 Å². The molecule has 1 aromatic heterocycles. The zero-order chi connectivity index (χ0) is 14.4. The van der Waals surface area contributed by atoms with Crippen molar-refractivity contribution in [3.8, 4) is 0 Å². The number of nitrogens with zero attached hydrogens (tertiary/aromatic N) is 1. The van der Waals surface area contributed by atoms with Crippen molar-refractivity contribution in [1.82, 2.24) is 3.97 Å². The summed E-state index contributed by atoms with van der Waals surface area (Å²) in [4.78, 5) is 0. The van der Waals surface area contributed by atoms with Crippen LogP contribution in [0.2, 0.25) is 0 Å². The van der Waals surface area contributed by atoms with Crippen molar-refractivity contribution in [3.63, 3.8) is 0 Å². The molecule has 2 aromatic rings. The van der Waals surface area contributed by atoms with Gasteiger partial charge in [-0.15, -0.1) is 0 Å². The van der Waals surface area contributed by atoms with Gasteiger partial charge in [0.1, 0.15) is 4.75 Å². The molecule has 1 aliphatic rings. The zero-order valence-corrected chi connectivity index (χ0v) is 12.5. The summed E-state index contributed by atoms with van der Waals surface area (Å²) in [6.45, 7) is 1.70. The van der Waals surface area contributed by atoms with Crippen LogP contribution in [-0.4, -0.2) is 17.1 Å². The fourth-order valence-corrected chi connectivity index (χ4v) is 4.55. The second-order valence-electron chi connectivity index (χ2n) is 5.12. The van der Waals surface area contributed by atoms with Crippen molar-refractivity contribution >= 4 is 32.5 Å². The molecule has 0 bridgehead atoms. The number of benzene rings is 1. The van der Waals surface area contributed by atoms with Crippen molar-refractivity contribution in [2.75, 3.05) is 0 Å². The Balaban J connectivity index is 2.20. The van der Waals surface area contributed by atoms with Crippen molar-refractivity contribution in [3.05, 3.63) is 59.8 Å². The highest BCUT2D eigenvalue weighted by Crippen LogP contribution is 2.33. The van der Waals surface area contributed by atoms with Crippen molar-refractivity contribution in [2.45, 2.75) is 18.1 Å². The van der Waals surface area contributed by atoms with Crippen LogP contribution in [0, 0.1) is 0 Å². The Labute approximate surface area is 123 Å². The van der Waals surface area contributed by atoms with Crippen LogP contribution in [0.5, 0.6) is 0 Å². The smallest absolute Gasteiger partial charge is 0.244 e. The molecule has 3 nitrogen and oxygen atoms in total. The van der Waals surface area contributed by atoms with E-state index in [0.717, 1.165) is 5.39 Å². The number of rotatable bonds is 2. The maximum absolute atomic E-state index is 13.0. The molecule has 1 heterocycles. The third-order valence-electron chi connectivity index (χ3n) is 3.66. The van der Waals surface area contributed by atoms with Gasteiger partial charge in [-0.2, -0.15) is 0 Å². The molecule has 0 amide bonds. The minimum absolute atomic E-state index is 0.415. The summed E-state index contributed by atoms with van der Waals surface area (Å²) in [5.74, 6) is 0. The van der Waals surface area contributed by atoms with Crippen LogP contribution in [0.1, 0.15) is 13.3 Å². The van der Waals surface area contributed by atoms with Crippen LogP contribution in [0.15, 0.2) is 59.8 Å². The summed E-state index contributed by atoms with van der Waals surface area (Å²) in [6, 6.07) is 9.23. The summed E-state index contributed by atoms with van der Waals surface area (Å²) >= 11 is 5.99. The molecule has 3 rings (SSSR count). The molecule has 0 radical (unpaired) electrons. The lowest BCUT2D eigenvalue weighted by Gasteiger charge is -2.28. The summed E-state index contributed by atoms with van der Waals surface area (Å²) in [5, 5.41) is 1.36. The quantitative estimate of drug-likeness (QED) is 0.849. The maximum atomic E-state index is 13.0. The summed E-state index contributed by atoms with van der Waals surface area (Å²) in [6.07, 6.45) is 7.15. The third kappa shape index (κ3) is 1.91. The fourth-order valence-electron chi connectivity index (χ4n) is 2.48. The molecule has 0 saturated carbocycles. The lowest BCUT2D eigenvalue weighted by atomic mass is 10.0. The van der Waals surface area contributed by atoms with Gasteiger partial charge in [-0.3, -0.25) is 0 Å². The number of para-hydroxylation sites is 1. The molecule has 0 N–H and O–H groups in total. The van der Waals surface area contributed by atoms with E-state index in [4.69, 9.17) is 11.6 Å². The van der Waals surface area contributed by atoms with E-state index < -0.39 is 14.8 Å². The van der Waals surface area contributed by atoms with Gasteiger partial charge < -0.3 is 0 Å². The number of hydrogen-bond acceptors (Lipinski definition) is 2. The Morgan fingerprint density at radius 1 is 1.25 bits per heavy atom. The fraction of sp³-hybridized carbons (Fsp3) is 0.200. The molecular formula is C15H14ClNO2S. The average molecular weight is 308 g/mol. The highest BCUT2D eigenvalue weighted by molar-refractivity contribution is 7.91. The van der Waals surface area contributed by atoms with Crippen LogP contribution in [0.25, 0.3) is 10.9 Å². The largest absolute Gasteiger partial charge is 0.248 e. The molecule has 1 aromatic carbocycles. The second kappa shape index (κ2) is 4.50. The molecule has 20 heavy (non-hydrogen) atoms.